The van der Waals surface area contributed by atoms with Crippen molar-refractivity contribution in [3.8, 4) is 0 Å². The number of nitrogens with zero attached hydrogens (tertiary/aromatic N) is 1. The fraction of sp³-hybridized carbons (Fsp3) is 0.455. The normalized spacial score (nSPS) is 16.8. The third kappa shape index (κ3) is 4.86. The zero-order chi connectivity index (χ0) is 19.2. The standard InChI is InChI=1S/C22H28N2O3/c1-16(2)20-19(13-17-9-5-3-6-10-17)24(22(26)23-21(20)25)15-27-14-18-11-7-4-8-12-18/h3-7,9-10,16,18H,8,11-15H2,1-2H3,(H,23,25,26). The number of benzene rings is 1. The Kier molecular flexibility index (Phi) is 6.45. The molecule has 5 nitrogen and oxygen atoms in total. The van der Waals surface area contributed by atoms with Crippen LogP contribution < -0.4 is 11.2 Å². The predicted molar refractivity (Wildman–Crippen MR) is 107 cm³/mol. The molecule has 1 aromatic carbocycles. The van der Waals surface area contributed by atoms with Crippen LogP contribution in [-0.2, 0) is 17.9 Å². The molecule has 0 saturated heterocycles. The van der Waals surface area contributed by atoms with E-state index < -0.39 is 5.69 Å². The van der Waals surface area contributed by atoms with E-state index in [4.69, 9.17) is 4.74 Å². The average Bonchev–Trinajstić information content (AvgIpc) is 2.65. The highest BCUT2D eigenvalue weighted by Crippen LogP contribution is 2.20. The van der Waals surface area contributed by atoms with Crippen molar-refractivity contribution in [3.63, 3.8) is 0 Å². The highest BCUT2D eigenvalue weighted by Gasteiger charge is 2.18. The molecule has 1 heterocycles. The van der Waals surface area contributed by atoms with Crippen molar-refractivity contribution in [2.45, 2.75) is 52.2 Å². The summed E-state index contributed by atoms with van der Waals surface area (Å²) in [5.74, 6) is 0.512. The van der Waals surface area contributed by atoms with Crippen LogP contribution in [0.2, 0.25) is 0 Å². The van der Waals surface area contributed by atoms with Crippen LogP contribution >= 0.6 is 0 Å². The smallest absolute Gasteiger partial charge is 0.330 e. The molecule has 1 aliphatic rings. The minimum atomic E-state index is -0.404. The summed E-state index contributed by atoms with van der Waals surface area (Å²) in [7, 11) is 0. The lowest BCUT2D eigenvalue weighted by Crippen LogP contribution is -2.37. The van der Waals surface area contributed by atoms with Gasteiger partial charge in [-0.2, -0.15) is 0 Å². The second-order valence-electron chi connectivity index (χ2n) is 7.52. The second kappa shape index (κ2) is 9.00. The van der Waals surface area contributed by atoms with Gasteiger partial charge in [-0.25, -0.2) is 4.79 Å². The zero-order valence-corrected chi connectivity index (χ0v) is 16.1. The molecule has 0 spiro atoms. The number of aromatic nitrogens is 2. The van der Waals surface area contributed by atoms with Gasteiger partial charge in [-0.1, -0.05) is 56.3 Å². The summed E-state index contributed by atoms with van der Waals surface area (Å²) in [6.07, 6.45) is 8.16. The molecule has 27 heavy (non-hydrogen) atoms. The highest BCUT2D eigenvalue weighted by molar-refractivity contribution is 5.28. The highest BCUT2D eigenvalue weighted by atomic mass is 16.5. The summed E-state index contributed by atoms with van der Waals surface area (Å²) >= 11 is 0. The summed E-state index contributed by atoms with van der Waals surface area (Å²) < 4.78 is 7.49. The maximum Gasteiger partial charge on any atom is 0.330 e. The average molecular weight is 368 g/mol. The first-order valence-electron chi connectivity index (χ1n) is 9.68. The first kappa shape index (κ1) is 19.4. The van der Waals surface area contributed by atoms with E-state index in [1.165, 1.54) is 0 Å². The van der Waals surface area contributed by atoms with E-state index in [1.807, 2.05) is 44.2 Å². The number of H-pyrrole nitrogens is 1. The van der Waals surface area contributed by atoms with Crippen molar-refractivity contribution >= 4 is 0 Å². The van der Waals surface area contributed by atoms with E-state index in [0.29, 0.717) is 24.5 Å². The monoisotopic (exact) mass is 368 g/mol. The molecule has 1 N–H and O–H groups in total. The molecule has 5 heteroatoms. The molecule has 1 atom stereocenters. The van der Waals surface area contributed by atoms with Crippen LogP contribution in [0.15, 0.2) is 52.1 Å². The molecule has 0 fully saturated rings. The number of allylic oxidation sites excluding steroid dienone is 2. The van der Waals surface area contributed by atoms with Gasteiger partial charge in [0.05, 0.1) is 6.61 Å². The van der Waals surface area contributed by atoms with Crippen molar-refractivity contribution < 1.29 is 4.74 Å². The van der Waals surface area contributed by atoms with Crippen LogP contribution in [0.4, 0.5) is 0 Å². The van der Waals surface area contributed by atoms with Crippen molar-refractivity contribution in [2.24, 2.45) is 5.92 Å². The van der Waals surface area contributed by atoms with Crippen LogP contribution in [0, 0.1) is 5.92 Å². The van der Waals surface area contributed by atoms with Crippen LogP contribution in [-0.4, -0.2) is 16.2 Å². The van der Waals surface area contributed by atoms with Crippen molar-refractivity contribution in [2.75, 3.05) is 6.61 Å². The van der Waals surface area contributed by atoms with E-state index in [0.717, 1.165) is 30.5 Å². The van der Waals surface area contributed by atoms with Gasteiger partial charge in [-0.3, -0.25) is 14.3 Å². The lowest BCUT2D eigenvalue weighted by Gasteiger charge is -2.21. The van der Waals surface area contributed by atoms with Crippen molar-refractivity contribution in [3.05, 3.63) is 80.1 Å². The fourth-order valence-corrected chi connectivity index (χ4v) is 3.66. The van der Waals surface area contributed by atoms with E-state index in [2.05, 4.69) is 17.1 Å². The quantitative estimate of drug-likeness (QED) is 0.760. The number of ether oxygens (including phenoxy) is 1. The summed E-state index contributed by atoms with van der Waals surface area (Å²) in [5.41, 5.74) is 1.76. The minimum Gasteiger partial charge on any atom is -0.360 e. The number of hydrogen-bond acceptors (Lipinski definition) is 3. The third-order valence-electron chi connectivity index (χ3n) is 5.09. The van der Waals surface area contributed by atoms with Gasteiger partial charge in [0, 0.05) is 17.7 Å². The third-order valence-corrected chi connectivity index (χ3v) is 5.09. The van der Waals surface area contributed by atoms with Gasteiger partial charge >= 0.3 is 5.69 Å². The Bertz CT molecular complexity index is 894. The number of rotatable bonds is 7. The Morgan fingerprint density at radius 3 is 2.63 bits per heavy atom. The lowest BCUT2D eigenvalue weighted by atomic mass is 9.95. The Balaban J connectivity index is 1.88. The zero-order valence-electron chi connectivity index (χ0n) is 16.1. The maximum atomic E-state index is 12.5. The molecule has 0 aliphatic heterocycles. The molecule has 3 rings (SSSR count). The van der Waals surface area contributed by atoms with Crippen LogP contribution in [0.3, 0.4) is 0 Å². The van der Waals surface area contributed by atoms with E-state index in [9.17, 15) is 9.59 Å². The van der Waals surface area contributed by atoms with Crippen LogP contribution in [0.1, 0.15) is 55.8 Å². The Morgan fingerprint density at radius 2 is 1.96 bits per heavy atom. The molecule has 144 valence electrons. The molecule has 1 unspecified atom stereocenters. The summed E-state index contributed by atoms with van der Waals surface area (Å²) in [6, 6.07) is 9.91. The van der Waals surface area contributed by atoms with Crippen LogP contribution in [0.25, 0.3) is 0 Å². The first-order valence-corrected chi connectivity index (χ1v) is 9.68. The largest absolute Gasteiger partial charge is 0.360 e. The molecule has 1 aliphatic carbocycles. The Morgan fingerprint density at radius 1 is 1.19 bits per heavy atom. The van der Waals surface area contributed by atoms with Gasteiger partial charge < -0.3 is 4.74 Å². The number of aromatic amines is 1. The molecular weight excluding hydrogens is 340 g/mol. The van der Waals surface area contributed by atoms with E-state index >= 15 is 0 Å². The number of hydrogen-bond donors (Lipinski definition) is 1. The van der Waals surface area contributed by atoms with Gasteiger partial charge in [-0.05, 0) is 36.7 Å². The molecule has 2 aromatic rings. The van der Waals surface area contributed by atoms with Gasteiger partial charge in [0.1, 0.15) is 6.73 Å². The van der Waals surface area contributed by atoms with Gasteiger partial charge in [0.2, 0.25) is 0 Å². The van der Waals surface area contributed by atoms with Crippen molar-refractivity contribution in [1.82, 2.24) is 9.55 Å². The molecule has 0 amide bonds. The molecule has 1 aromatic heterocycles. The maximum absolute atomic E-state index is 12.5. The fourth-order valence-electron chi connectivity index (χ4n) is 3.66. The topological polar surface area (TPSA) is 64.1 Å². The predicted octanol–water partition coefficient (Wildman–Crippen LogP) is 3.58. The minimum absolute atomic E-state index is 0.0165. The van der Waals surface area contributed by atoms with Crippen LogP contribution in [0.5, 0.6) is 0 Å². The Hall–Kier alpha value is -2.40. The summed E-state index contributed by atoms with van der Waals surface area (Å²) in [4.78, 5) is 27.4. The summed E-state index contributed by atoms with van der Waals surface area (Å²) in [6.45, 7) is 4.74. The second-order valence-corrected chi connectivity index (χ2v) is 7.52. The van der Waals surface area contributed by atoms with E-state index in [1.54, 1.807) is 4.57 Å². The van der Waals surface area contributed by atoms with E-state index in [-0.39, 0.29) is 18.2 Å². The molecule has 0 saturated carbocycles. The SMILES string of the molecule is CC(C)c1c(Cc2ccccc2)n(COCC2CC=CCC2)c(=O)[nH]c1=O. The lowest BCUT2D eigenvalue weighted by molar-refractivity contribution is 0.0432. The van der Waals surface area contributed by atoms with Crippen molar-refractivity contribution in [1.29, 1.82) is 0 Å². The first-order chi connectivity index (χ1) is 13.1. The Labute approximate surface area is 159 Å². The molecular formula is C22H28N2O3. The summed E-state index contributed by atoms with van der Waals surface area (Å²) in [5, 5.41) is 0. The molecule has 0 radical (unpaired) electrons. The van der Waals surface area contributed by atoms with Gasteiger partial charge in [0.15, 0.2) is 0 Å². The van der Waals surface area contributed by atoms with Gasteiger partial charge in [0.25, 0.3) is 5.56 Å². The number of nitrogens with one attached hydrogen (secondary N) is 1. The molecule has 0 bridgehead atoms. The van der Waals surface area contributed by atoms with Gasteiger partial charge in [-0.15, -0.1) is 0 Å².